The van der Waals surface area contributed by atoms with E-state index in [1.54, 1.807) is 30.5 Å². The first kappa shape index (κ1) is 15.1. The zero-order chi connectivity index (χ0) is 14.7. The number of nitrogens with two attached hydrogens (primary N) is 1. The second-order valence-electron chi connectivity index (χ2n) is 4.31. The predicted octanol–water partition coefficient (Wildman–Crippen LogP) is 1.15. The van der Waals surface area contributed by atoms with Crippen LogP contribution in [0.5, 0.6) is 0 Å². The lowest BCUT2D eigenvalue weighted by molar-refractivity contribution is -0.147. The van der Waals surface area contributed by atoms with Gasteiger partial charge in [-0.25, -0.2) is 9.78 Å². The number of thioether (sulfide) groups is 1. The molecule has 2 rings (SSSR count). The van der Waals surface area contributed by atoms with Crippen LogP contribution in [0.4, 0.5) is 5.13 Å². The van der Waals surface area contributed by atoms with Crippen LogP contribution in [0, 0.1) is 6.92 Å². The number of carbonyl (C=O) groups is 2. The summed E-state index contributed by atoms with van der Waals surface area (Å²) in [7, 11) is 0. The Labute approximate surface area is 125 Å². The van der Waals surface area contributed by atoms with Gasteiger partial charge in [0, 0.05) is 18.1 Å². The number of nitrogen functional groups attached to an aromatic ring is 1. The Bertz CT molecular complexity index is 518. The van der Waals surface area contributed by atoms with Crippen LogP contribution in [0.1, 0.15) is 22.3 Å². The van der Waals surface area contributed by atoms with Gasteiger partial charge >= 0.3 is 5.97 Å². The molecule has 2 heterocycles. The Morgan fingerprint density at radius 2 is 2.30 bits per heavy atom. The number of ether oxygens (including phenoxy) is 1. The van der Waals surface area contributed by atoms with Gasteiger partial charge < -0.3 is 15.4 Å². The molecule has 1 aliphatic heterocycles. The Morgan fingerprint density at radius 1 is 1.55 bits per heavy atom. The monoisotopic (exact) mass is 315 g/mol. The molecule has 1 fully saturated rings. The van der Waals surface area contributed by atoms with Crippen LogP contribution in [0.25, 0.3) is 0 Å². The predicted molar refractivity (Wildman–Crippen MR) is 80.0 cm³/mol. The quantitative estimate of drug-likeness (QED) is 0.842. The molecular weight excluding hydrogens is 298 g/mol. The second-order valence-corrected chi connectivity index (χ2v) is 6.49. The molecule has 1 aliphatic rings. The lowest BCUT2D eigenvalue weighted by Gasteiger charge is -2.33. The van der Waals surface area contributed by atoms with Gasteiger partial charge in [0.2, 0.25) is 0 Å². The number of aryl methyl sites for hydroxylation is 1. The highest BCUT2D eigenvalue weighted by molar-refractivity contribution is 7.99. The third kappa shape index (κ3) is 3.06. The fraction of sp³-hybridized carbons (Fsp3) is 0.583. The van der Waals surface area contributed by atoms with E-state index in [0.717, 1.165) is 17.1 Å². The minimum atomic E-state index is -0.524. The molecule has 2 N–H and O–H groups in total. The molecule has 1 unspecified atom stereocenters. The third-order valence-corrected chi connectivity index (χ3v) is 4.95. The summed E-state index contributed by atoms with van der Waals surface area (Å²) in [6, 6.07) is -0.524. The first-order valence-electron chi connectivity index (χ1n) is 6.32. The Balaban J connectivity index is 2.21. The maximum Gasteiger partial charge on any atom is 0.329 e. The summed E-state index contributed by atoms with van der Waals surface area (Å²) in [6.45, 7) is 4.35. The maximum atomic E-state index is 12.6. The number of esters is 1. The molecule has 6 nitrogen and oxygen atoms in total. The van der Waals surface area contributed by atoms with Gasteiger partial charge in [0.05, 0.1) is 12.3 Å². The first-order chi connectivity index (χ1) is 9.54. The normalized spacial score (nSPS) is 18.9. The van der Waals surface area contributed by atoms with Crippen LogP contribution in [-0.4, -0.2) is 52.5 Å². The van der Waals surface area contributed by atoms with Crippen LogP contribution in [0.3, 0.4) is 0 Å². The second kappa shape index (κ2) is 6.45. The molecule has 1 saturated heterocycles. The molecule has 110 valence electrons. The Morgan fingerprint density at radius 3 is 2.90 bits per heavy atom. The van der Waals surface area contributed by atoms with Crippen molar-refractivity contribution in [3.63, 3.8) is 0 Å². The van der Waals surface area contributed by atoms with Gasteiger partial charge in [-0.05, 0) is 13.8 Å². The molecule has 1 amide bonds. The van der Waals surface area contributed by atoms with E-state index in [1.165, 1.54) is 0 Å². The molecule has 1 aromatic heterocycles. The maximum absolute atomic E-state index is 12.6. The molecule has 1 aromatic rings. The summed E-state index contributed by atoms with van der Waals surface area (Å²) in [4.78, 5) is 30.7. The Hall–Kier alpha value is -1.28. The van der Waals surface area contributed by atoms with E-state index in [1.807, 2.05) is 0 Å². The van der Waals surface area contributed by atoms with Gasteiger partial charge in [-0.2, -0.15) is 11.8 Å². The van der Waals surface area contributed by atoms with Crippen LogP contribution in [0.15, 0.2) is 0 Å². The van der Waals surface area contributed by atoms with Crippen molar-refractivity contribution in [1.29, 1.82) is 0 Å². The highest BCUT2D eigenvalue weighted by Gasteiger charge is 2.35. The van der Waals surface area contributed by atoms with E-state index in [9.17, 15) is 9.59 Å². The zero-order valence-electron chi connectivity index (χ0n) is 11.4. The molecule has 0 aliphatic carbocycles. The summed E-state index contributed by atoms with van der Waals surface area (Å²) >= 11 is 2.81. The summed E-state index contributed by atoms with van der Waals surface area (Å²) in [6.07, 6.45) is 0. The van der Waals surface area contributed by atoms with Crippen LogP contribution < -0.4 is 5.73 Å². The molecule has 0 radical (unpaired) electrons. The number of amides is 1. The van der Waals surface area contributed by atoms with Crippen LogP contribution in [0.2, 0.25) is 0 Å². The SMILES string of the molecule is CCOC(=O)C1CSCCN1C(=O)c1sc(N)nc1C. The van der Waals surface area contributed by atoms with Crippen molar-refractivity contribution in [2.75, 3.05) is 30.4 Å². The van der Waals surface area contributed by atoms with Crippen molar-refractivity contribution < 1.29 is 14.3 Å². The minimum absolute atomic E-state index is 0.185. The van der Waals surface area contributed by atoms with E-state index >= 15 is 0 Å². The zero-order valence-corrected chi connectivity index (χ0v) is 13.1. The highest BCUT2D eigenvalue weighted by Crippen LogP contribution is 2.25. The highest BCUT2D eigenvalue weighted by atomic mass is 32.2. The lowest BCUT2D eigenvalue weighted by Crippen LogP contribution is -2.50. The lowest BCUT2D eigenvalue weighted by atomic mass is 10.2. The van der Waals surface area contributed by atoms with Gasteiger partial charge in [-0.15, -0.1) is 0 Å². The largest absolute Gasteiger partial charge is 0.464 e. The number of carbonyl (C=O) groups excluding carboxylic acids is 2. The van der Waals surface area contributed by atoms with Gasteiger partial charge in [0.15, 0.2) is 5.13 Å². The minimum Gasteiger partial charge on any atom is -0.464 e. The fourth-order valence-electron chi connectivity index (χ4n) is 2.03. The molecule has 0 spiro atoms. The number of nitrogens with zero attached hydrogens (tertiary/aromatic N) is 2. The summed E-state index contributed by atoms with van der Waals surface area (Å²) < 4.78 is 5.05. The van der Waals surface area contributed by atoms with E-state index < -0.39 is 6.04 Å². The molecule has 20 heavy (non-hydrogen) atoms. The van der Waals surface area contributed by atoms with E-state index in [0.29, 0.717) is 34.6 Å². The Kier molecular flexibility index (Phi) is 4.87. The number of aromatic nitrogens is 1. The number of hydrogen-bond donors (Lipinski definition) is 1. The topological polar surface area (TPSA) is 85.5 Å². The number of anilines is 1. The summed E-state index contributed by atoms with van der Waals surface area (Å²) in [5, 5.41) is 0.366. The van der Waals surface area contributed by atoms with Crippen molar-refractivity contribution in [1.82, 2.24) is 9.88 Å². The van der Waals surface area contributed by atoms with Gasteiger partial charge in [0.25, 0.3) is 5.91 Å². The van der Waals surface area contributed by atoms with Crippen molar-refractivity contribution in [3.8, 4) is 0 Å². The van der Waals surface area contributed by atoms with Crippen molar-refractivity contribution in [3.05, 3.63) is 10.6 Å². The molecule has 8 heteroatoms. The molecule has 0 aromatic carbocycles. The standard InChI is InChI=1S/C12H17N3O3S2/c1-3-18-11(17)8-6-19-5-4-15(8)10(16)9-7(2)14-12(13)20-9/h8H,3-6H2,1-2H3,(H2,13,14). The third-order valence-electron chi connectivity index (χ3n) is 2.96. The van der Waals surface area contributed by atoms with E-state index in [-0.39, 0.29) is 11.9 Å². The molecular formula is C12H17N3O3S2. The molecule has 0 bridgehead atoms. The smallest absolute Gasteiger partial charge is 0.329 e. The van der Waals surface area contributed by atoms with Crippen LogP contribution >= 0.6 is 23.1 Å². The summed E-state index contributed by atoms with van der Waals surface area (Å²) in [5.41, 5.74) is 6.24. The fourth-order valence-corrected chi connectivity index (χ4v) is 3.85. The van der Waals surface area contributed by atoms with Crippen molar-refractivity contribution >= 4 is 40.1 Å². The molecule has 1 atom stereocenters. The first-order valence-corrected chi connectivity index (χ1v) is 8.30. The average molecular weight is 315 g/mol. The number of thiazole rings is 1. The van der Waals surface area contributed by atoms with E-state index in [2.05, 4.69) is 4.98 Å². The van der Waals surface area contributed by atoms with Crippen molar-refractivity contribution in [2.45, 2.75) is 19.9 Å². The van der Waals surface area contributed by atoms with Gasteiger partial charge in [0.1, 0.15) is 10.9 Å². The van der Waals surface area contributed by atoms with E-state index in [4.69, 9.17) is 10.5 Å². The van der Waals surface area contributed by atoms with Crippen molar-refractivity contribution in [2.24, 2.45) is 0 Å². The number of rotatable bonds is 3. The summed E-state index contributed by atoms with van der Waals surface area (Å²) in [5.74, 6) is 0.852. The van der Waals surface area contributed by atoms with Crippen LogP contribution in [-0.2, 0) is 9.53 Å². The average Bonchev–Trinajstić information content (AvgIpc) is 2.77. The molecule has 0 saturated carbocycles. The number of hydrogen-bond acceptors (Lipinski definition) is 7. The van der Waals surface area contributed by atoms with Gasteiger partial charge in [-0.3, -0.25) is 4.79 Å². The van der Waals surface area contributed by atoms with Gasteiger partial charge in [-0.1, -0.05) is 11.3 Å².